The lowest BCUT2D eigenvalue weighted by Crippen LogP contribution is -2.36. The fourth-order valence-electron chi connectivity index (χ4n) is 3.50. The molecule has 1 aromatic carbocycles. The van der Waals surface area contributed by atoms with Crippen molar-refractivity contribution < 1.29 is 4.79 Å². The minimum Gasteiger partial charge on any atom is -0.375 e. The van der Waals surface area contributed by atoms with Crippen LogP contribution < -0.4 is 5.73 Å². The van der Waals surface area contributed by atoms with Crippen molar-refractivity contribution in [1.29, 1.82) is 0 Å². The number of thiazole rings is 1. The Balaban J connectivity index is 1.44. The van der Waals surface area contributed by atoms with E-state index in [2.05, 4.69) is 25.1 Å². The van der Waals surface area contributed by atoms with Crippen LogP contribution in [0.3, 0.4) is 0 Å². The highest BCUT2D eigenvalue weighted by Gasteiger charge is 2.25. The van der Waals surface area contributed by atoms with Gasteiger partial charge in [0, 0.05) is 24.7 Å². The van der Waals surface area contributed by atoms with Crippen LogP contribution in [0.4, 0.5) is 5.13 Å². The number of amides is 1. The first kappa shape index (κ1) is 16.0. The normalized spacial score (nSPS) is 13.9. The number of aromatic nitrogens is 5. The lowest BCUT2D eigenvalue weighted by Gasteiger charge is -2.26. The molecule has 0 unspecified atom stereocenters. The number of carbonyl (C=O) groups excluding carboxylic acids is 1. The molecule has 4 aromatic rings. The van der Waals surface area contributed by atoms with Crippen molar-refractivity contribution in [3.63, 3.8) is 0 Å². The molecular formula is C18H17N7OS. The molecule has 0 fully saturated rings. The molecule has 1 aliphatic rings. The quantitative estimate of drug-likeness (QED) is 0.495. The predicted molar refractivity (Wildman–Crippen MR) is 103 cm³/mol. The Bertz CT molecular complexity index is 1160. The minimum atomic E-state index is 0.0112. The van der Waals surface area contributed by atoms with E-state index in [0.29, 0.717) is 23.8 Å². The summed E-state index contributed by atoms with van der Waals surface area (Å²) in [4.78, 5) is 27.2. The molecule has 0 saturated heterocycles. The van der Waals surface area contributed by atoms with Gasteiger partial charge >= 0.3 is 0 Å². The van der Waals surface area contributed by atoms with Crippen molar-refractivity contribution in [2.24, 2.45) is 0 Å². The van der Waals surface area contributed by atoms with Gasteiger partial charge in [0.15, 0.2) is 5.13 Å². The molecule has 1 aliphatic heterocycles. The van der Waals surface area contributed by atoms with Gasteiger partial charge in [-0.1, -0.05) is 11.3 Å². The number of nitrogens with one attached hydrogen (secondary N) is 2. The summed E-state index contributed by atoms with van der Waals surface area (Å²) in [5, 5.41) is 7.27. The fourth-order valence-corrected chi connectivity index (χ4v) is 4.36. The lowest BCUT2D eigenvalue weighted by atomic mass is 10.1. The molecule has 0 radical (unpaired) electrons. The van der Waals surface area contributed by atoms with Crippen molar-refractivity contribution >= 4 is 32.6 Å². The third-order valence-electron chi connectivity index (χ3n) is 4.84. The molecule has 9 heteroatoms. The van der Waals surface area contributed by atoms with Gasteiger partial charge in [0.1, 0.15) is 5.82 Å². The predicted octanol–water partition coefficient (Wildman–Crippen LogP) is 2.50. The summed E-state index contributed by atoms with van der Waals surface area (Å²) in [5.74, 6) is 0.789. The van der Waals surface area contributed by atoms with Crippen LogP contribution in [0.2, 0.25) is 0 Å². The summed E-state index contributed by atoms with van der Waals surface area (Å²) in [5.41, 5.74) is 11.2. The second-order valence-electron chi connectivity index (χ2n) is 6.67. The van der Waals surface area contributed by atoms with Gasteiger partial charge in [0.25, 0.3) is 5.91 Å². The molecule has 0 bridgehead atoms. The van der Waals surface area contributed by atoms with Gasteiger partial charge in [0.2, 0.25) is 0 Å². The maximum atomic E-state index is 13.1. The molecule has 3 aromatic heterocycles. The second-order valence-corrected chi connectivity index (χ2v) is 7.73. The van der Waals surface area contributed by atoms with Crippen molar-refractivity contribution in [2.45, 2.75) is 19.9 Å². The average molecular weight is 379 g/mol. The van der Waals surface area contributed by atoms with Crippen molar-refractivity contribution in [3.8, 4) is 11.4 Å². The van der Waals surface area contributed by atoms with Gasteiger partial charge in [0.05, 0.1) is 39.9 Å². The largest absolute Gasteiger partial charge is 0.375 e. The van der Waals surface area contributed by atoms with E-state index in [-0.39, 0.29) is 5.91 Å². The van der Waals surface area contributed by atoms with E-state index >= 15 is 0 Å². The lowest BCUT2D eigenvalue weighted by molar-refractivity contribution is 0.0732. The molecular weight excluding hydrogens is 362 g/mol. The van der Waals surface area contributed by atoms with E-state index in [0.717, 1.165) is 45.0 Å². The van der Waals surface area contributed by atoms with Gasteiger partial charge in [-0.2, -0.15) is 5.10 Å². The average Bonchev–Trinajstić information content (AvgIpc) is 3.38. The Labute approximate surface area is 158 Å². The summed E-state index contributed by atoms with van der Waals surface area (Å²) in [6, 6.07) is 3.78. The first-order chi connectivity index (χ1) is 13.1. The minimum absolute atomic E-state index is 0.0112. The standard InChI is InChI=1S/C18H17N7OS/c1-9-4-10(5-14-15(9)24-18(19)27-14)17(26)25-3-2-12-13(8-25)23-16(22-12)11-6-20-21-7-11/h4-7H,2-3,8H2,1H3,(H2,19,24)(H,20,21)(H,22,23). The number of hydrogen-bond donors (Lipinski definition) is 3. The van der Waals surface area contributed by atoms with E-state index in [1.807, 2.05) is 24.0 Å². The van der Waals surface area contributed by atoms with Crippen LogP contribution >= 0.6 is 11.3 Å². The van der Waals surface area contributed by atoms with Crippen LogP contribution in [-0.2, 0) is 13.0 Å². The highest BCUT2D eigenvalue weighted by molar-refractivity contribution is 7.22. The second kappa shape index (κ2) is 5.92. The number of nitrogens with zero attached hydrogens (tertiary/aromatic N) is 4. The summed E-state index contributed by atoms with van der Waals surface area (Å²) < 4.78 is 0.942. The van der Waals surface area contributed by atoms with E-state index in [1.54, 1.807) is 12.4 Å². The zero-order valence-electron chi connectivity index (χ0n) is 14.6. The molecule has 1 amide bonds. The number of rotatable bonds is 2. The van der Waals surface area contributed by atoms with Gasteiger partial charge in [-0.15, -0.1) is 0 Å². The fraction of sp³-hybridized carbons (Fsp3) is 0.222. The molecule has 4 N–H and O–H groups in total. The van der Waals surface area contributed by atoms with Crippen LogP contribution in [0, 0.1) is 6.92 Å². The monoisotopic (exact) mass is 379 g/mol. The summed E-state index contributed by atoms with van der Waals surface area (Å²) in [6.07, 6.45) is 4.25. The third kappa shape index (κ3) is 2.67. The Hall–Kier alpha value is -3.20. The summed E-state index contributed by atoms with van der Waals surface area (Å²) in [7, 11) is 0. The Morgan fingerprint density at radius 1 is 1.33 bits per heavy atom. The number of nitrogen functional groups attached to an aromatic ring is 1. The van der Waals surface area contributed by atoms with Crippen molar-refractivity contribution in [1.82, 2.24) is 30.0 Å². The Kier molecular flexibility index (Phi) is 3.51. The smallest absolute Gasteiger partial charge is 0.254 e. The van der Waals surface area contributed by atoms with Crippen molar-refractivity contribution in [3.05, 3.63) is 47.0 Å². The van der Waals surface area contributed by atoms with Crippen LogP contribution in [0.15, 0.2) is 24.5 Å². The number of imidazole rings is 1. The zero-order chi connectivity index (χ0) is 18.5. The molecule has 8 nitrogen and oxygen atoms in total. The van der Waals surface area contributed by atoms with E-state index in [9.17, 15) is 4.79 Å². The van der Waals surface area contributed by atoms with Gasteiger partial charge in [-0.05, 0) is 24.6 Å². The molecule has 0 spiro atoms. The number of anilines is 1. The summed E-state index contributed by atoms with van der Waals surface area (Å²) in [6.45, 7) is 3.11. The first-order valence-corrected chi connectivity index (χ1v) is 9.43. The maximum Gasteiger partial charge on any atom is 0.254 e. The zero-order valence-corrected chi connectivity index (χ0v) is 15.4. The van der Waals surface area contributed by atoms with E-state index in [4.69, 9.17) is 5.73 Å². The van der Waals surface area contributed by atoms with Crippen LogP contribution in [0.5, 0.6) is 0 Å². The molecule has 0 aliphatic carbocycles. The number of H-pyrrole nitrogens is 2. The molecule has 0 atom stereocenters. The number of aromatic amines is 2. The van der Waals surface area contributed by atoms with Crippen LogP contribution in [0.25, 0.3) is 21.6 Å². The number of benzene rings is 1. The van der Waals surface area contributed by atoms with Gasteiger partial charge in [-0.3, -0.25) is 9.89 Å². The maximum absolute atomic E-state index is 13.1. The summed E-state index contributed by atoms with van der Waals surface area (Å²) >= 11 is 1.41. The molecule has 5 rings (SSSR count). The van der Waals surface area contributed by atoms with E-state index in [1.165, 1.54) is 11.3 Å². The number of fused-ring (bicyclic) bond motifs is 2. The SMILES string of the molecule is Cc1cc(C(=O)N2CCc3nc(-c4cn[nH]c4)[nH]c3C2)cc2sc(N)nc12. The molecule has 0 saturated carbocycles. The highest BCUT2D eigenvalue weighted by Crippen LogP contribution is 2.29. The highest BCUT2D eigenvalue weighted by atomic mass is 32.1. The number of aryl methyl sites for hydroxylation is 1. The molecule has 4 heterocycles. The topological polar surface area (TPSA) is 117 Å². The number of nitrogens with two attached hydrogens (primary N) is 1. The van der Waals surface area contributed by atoms with Gasteiger partial charge in [-0.25, -0.2) is 9.97 Å². The van der Waals surface area contributed by atoms with Crippen LogP contribution in [-0.4, -0.2) is 42.5 Å². The van der Waals surface area contributed by atoms with E-state index < -0.39 is 0 Å². The number of carbonyl (C=O) groups is 1. The van der Waals surface area contributed by atoms with Gasteiger partial charge < -0.3 is 15.6 Å². The van der Waals surface area contributed by atoms with Crippen molar-refractivity contribution in [2.75, 3.05) is 12.3 Å². The first-order valence-electron chi connectivity index (χ1n) is 8.61. The van der Waals surface area contributed by atoms with Crippen LogP contribution in [0.1, 0.15) is 27.3 Å². The third-order valence-corrected chi connectivity index (χ3v) is 5.67. The number of hydrogen-bond acceptors (Lipinski definition) is 6. The molecule has 27 heavy (non-hydrogen) atoms. The Morgan fingerprint density at radius 2 is 2.22 bits per heavy atom. The Morgan fingerprint density at radius 3 is 3.04 bits per heavy atom. The molecule has 136 valence electrons.